The second-order valence-corrected chi connectivity index (χ2v) is 7.21. The number of carbonyl (C=O) groups excluding carboxylic acids is 1. The Labute approximate surface area is 135 Å². The molecule has 1 fully saturated rings. The van der Waals surface area contributed by atoms with Crippen LogP contribution in [0.15, 0.2) is 29.9 Å². The molecule has 0 amide bonds. The van der Waals surface area contributed by atoms with Gasteiger partial charge in [0.25, 0.3) is 0 Å². The summed E-state index contributed by atoms with van der Waals surface area (Å²) in [5, 5.41) is 1.98. The molecule has 0 N–H and O–H groups in total. The van der Waals surface area contributed by atoms with E-state index in [1.165, 1.54) is 0 Å². The SMILES string of the molecule is CC(C)n1ccnc1CN1CCC[C@@H](C(=O)c2cccs2)C1. The number of piperidine rings is 1. The second kappa shape index (κ2) is 6.75. The van der Waals surface area contributed by atoms with Gasteiger partial charge in [0.1, 0.15) is 5.82 Å². The molecule has 1 atom stereocenters. The highest BCUT2D eigenvalue weighted by Gasteiger charge is 2.27. The van der Waals surface area contributed by atoms with Crippen LogP contribution in [0.2, 0.25) is 0 Å². The van der Waals surface area contributed by atoms with Crippen molar-refractivity contribution in [3.8, 4) is 0 Å². The van der Waals surface area contributed by atoms with E-state index in [4.69, 9.17) is 0 Å². The maximum absolute atomic E-state index is 12.5. The molecule has 0 aliphatic carbocycles. The minimum atomic E-state index is 0.134. The van der Waals surface area contributed by atoms with Gasteiger partial charge < -0.3 is 4.57 Å². The van der Waals surface area contributed by atoms with Crippen molar-refractivity contribution in [2.45, 2.75) is 39.3 Å². The molecule has 2 aromatic rings. The number of rotatable bonds is 5. The van der Waals surface area contributed by atoms with Crippen molar-refractivity contribution in [3.05, 3.63) is 40.6 Å². The van der Waals surface area contributed by atoms with E-state index in [1.54, 1.807) is 11.3 Å². The van der Waals surface area contributed by atoms with Crippen molar-refractivity contribution in [2.24, 2.45) is 5.92 Å². The first-order valence-corrected chi connectivity index (χ1v) is 8.85. The largest absolute Gasteiger partial charge is 0.331 e. The first-order chi connectivity index (χ1) is 10.6. The number of hydrogen-bond donors (Lipinski definition) is 0. The van der Waals surface area contributed by atoms with Gasteiger partial charge in [0, 0.05) is 30.9 Å². The number of thiophene rings is 1. The number of Topliss-reactive ketones (excluding diaryl/α,β-unsaturated/α-hetero) is 1. The fraction of sp³-hybridized carbons (Fsp3) is 0.529. The Hall–Kier alpha value is -1.46. The van der Waals surface area contributed by atoms with Crippen LogP contribution < -0.4 is 0 Å². The van der Waals surface area contributed by atoms with E-state index in [-0.39, 0.29) is 5.92 Å². The smallest absolute Gasteiger partial charge is 0.177 e. The van der Waals surface area contributed by atoms with Gasteiger partial charge in [-0.2, -0.15) is 0 Å². The van der Waals surface area contributed by atoms with E-state index in [0.29, 0.717) is 11.8 Å². The summed E-state index contributed by atoms with van der Waals surface area (Å²) in [6, 6.07) is 4.32. The standard InChI is InChI=1S/C17H23N3OS/c1-13(2)20-9-7-18-16(20)12-19-8-3-5-14(11-19)17(21)15-6-4-10-22-15/h4,6-7,9-10,13-14H,3,5,8,11-12H2,1-2H3/t14-/m1/s1. The molecule has 22 heavy (non-hydrogen) atoms. The van der Waals surface area contributed by atoms with Crippen LogP contribution in [0.3, 0.4) is 0 Å². The molecule has 1 aliphatic rings. The summed E-state index contributed by atoms with van der Waals surface area (Å²) >= 11 is 1.55. The van der Waals surface area contributed by atoms with Crippen molar-refractivity contribution in [2.75, 3.05) is 13.1 Å². The zero-order chi connectivity index (χ0) is 15.5. The van der Waals surface area contributed by atoms with Crippen LogP contribution in [0, 0.1) is 5.92 Å². The summed E-state index contributed by atoms with van der Waals surface area (Å²) in [7, 11) is 0. The van der Waals surface area contributed by atoms with Crippen LogP contribution in [0.5, 0.6) is 0 Å². The van der Waals surface area contributed by atoms with Crippen molar-refractivity contribution < 1.29 is 4.79 Å². The molecule has 0 radical (unpaired) electrons. The molecule has 2 aromatic heterocycles. The van der Waals surface area contributed by atoms with E-state index in [9.17, 15) is 4.79 Å². The van der Waals surface area contributed by atoms with Gasteiger partial charge in [0.2, 0.25) is 0 Å². The Kier molecular flexibility index (Phi) is 4.74. The lowest BCUT2D eigenvalue weighted by molar-refractivity contribution is 0.0811. The molecule has 1 saturated heterocycles. The topological polar surface area (TPSA) is 38.1 Å². The Morgan fingerprint density at radius 1 is 1.50 bits per heavy atom. The molecule has 0 unspecified atom stereocenters. The van der Waals surface area contributed by atoms with Gasteiger partial charge >= 0.3 is 0 Å². The quantitative estimate of drug-likeness (QED) is 0.791. The molecule has 118 valence electrons. The van der Waals surface area contributed by atoms with Crippen LogP contribution in [0.1, 0.15) is 48.2 Å². The Morgan fingerprint density at radius 3 is 3.09 bits per heavy atom. The van der Waals surface area contributed by atoms with Crippen LogP contribution >= 0.6 is 11.3 Å². The van der Waals surface area contributed by atoms with E-state index in [2.05, 4.69) is 28.3 Å². The third-order valence-electron chi connectivity index (χ3n) is 4.31. The average molecular weight is 317 g/mol. The van der Waals surface area contributed by atoms with Crippen molar-refractivity contribution in [3.63, 3.8) is 0 Å². The Balaban J connectivity index is 1.66. The normalized spacial score (nSPS) is 19.7. The van der Waals surface area contributed by atoms with Gasteiger partial charge in [-0.15, -0.1) is 11.3 Å². The molecular formula is C17H23N3OS. The van der Waals surface area contributed by atoms with Crippen molar-refractivity contribution >= 4 is 17.1 Å². The highest BCUT2D eigenvalue weighted by molar-refractivity contribution is 7.12. The van der Waals surface area contributed by atoms with Crippen molar-refractivity contribution in [1.29, 1.82) is 0 Å². The van der Waals surface area contributed by atoms with Gasteiger partial charge in [-0.1, -0.05) is 6.07 Å². The molecule has 1 aliphatic heterocycles. The first-order valence-electron chi connectivity index (χ1n) is 7.97. The maximum Gasteiger partial charge on any atom is 0.177 e. The average Bonchev–Trinajstić information content (AvgIpc) is 3.18. The van der Waals surface area contributed by atoms with Gasteiger partial charge in [-0.05, 0) is 44.7 Å². The summed E-state index contributed by atoms with van der Waals surface area (Å²) in [6.45, 7) is 7.08. The number of ketones is 1. The molecular weight excluding hydrogens is 294 g/mol. The molecule has 4 nitrogen and oxygen atoms in total. The fourth-order valence-corrected chi connectivity index (χ4v) is 3.91. The number of imidazole rings is 1. The van der Waals surface area contributed by atoms with E-state index in [1.807, 2.05) is 29.9 Å². The molecule has 0 aromatic carbocycles. The zero-order valence-corrected chi connectivity index (χ0v) is 14.1. The fourth-order valence-electron chi connectivity index (χ4n) is 3.17. The summed E-state index contributed by atoms with van der Waals surface area (Å²) in [5.74, 6) is 1.54. The minimum absolute atomic E-state index is 0.134. The van der Waals surface area contributed by atoms with Gasteiger partial charge in [0.05, 0.1) is 11.4 Å². The number of carbonyl (C=O) groups is 1. The summed E-state index contributed by atoms with van der Waals surface area (Å²) in [4.78, 5) is 20.3. The number of hydrogen-bond acceptors (Lipinski definition) is 4. The van der Waals surface area contributed by atoms with E-state index >= 15 is 0 Å². The molecule has 5 heteroatoms. The molecule has 3 heterocycles. The molecule has 0 bridgehead atoms. The van der Waals surface area contributed by atoms with Crippen molar-refractivity contribution in [1.82, 2.24) is 14.5 Å². The lowest BCUT2D eigenvalue weighted by Gasteiger charge is -2.31. The Bertz CT molecular complexity index is 618. The third-order valence-corrected chi connectivity index (χ3v) is 5.19. The minimum Gasteiger partial charge on any atom is -0.331 e. The van der Waals surface area contributed by atoms with Gasteiger partial charge in [-0.3, -0.25) is 9.69 Å². The van der Waals surface area contributed by atoms with E-state index < -0.39 is 0 Å². The summed E-state index contributed by atoms with van der Waals surface area (Å²) in [5.41, 5.74) is 0. The number of aromatic nitrogens is 2. The maximum atomic E-state index is 12.5. The monoisotopic (exact) mass is 317 g/mol. The predicted molar refractivity (Wildman–Crippen MR) is 89.3 cm³/mol. The highest BCUT2D eigenvalue weighted by Crippen LogP contribution is 2.24. The highest BCUT2D eigenvalue weighted by atomic mass is 32.1. The third kappa shape index (κ3) is 3.31. The first kappa shape index (κ1) is 15.4. The summed E-state index contributed by atoms with van der Waals surface area (Å²) in [6.07, 6.45) is 6.00. The van der Waals surface area contributed by atoms with Crippen LogP contribution in [-0.4, -0.2) is 33.3 Å². The molecule has 3 rings (SSSR count). The summed E-state index contributed by atoms with van der Waals surface area (Å²) < 4.78 is 2.21. The molecule has 0 spiro atoms. The lowest BCUT2D eigenvalue weighted by atomic mass is 9.93. The van der Waals surface area contributed by atoms with Crippen LogP contribution in [0.25, 0.3) is 0 Å². The predicted octanol–water partition coefficient (Wildman–Crippen LogP) is 3.62. The Morgan fingerprint density at radius 2 is 2.36 bits per heavy atom. The van der Waals surface area contributed by atoms with Crippen LogP contribution in [-0.2, 0) is 6.54 Å². The number of nitrogens with zero attached hydrogens (tertiary/aromatic N) is 3. The zero-order valence-electron chi connectivity index (χ0n) is 13.2. The number of likely N-dealkylation sites (tertiary alicyclic amines) is 1. The van der Waals surface area contributed by atoms with Gasteiger partial charge in [-0.25, -0.2) is 4.98 Å². The van der Waals surface area contributed by atoms with E-state index in [0.717, 1.165) is 43.2 Å². The van der Waals surface area contributed by atoms with Gasteiger partial charge in [0.15, 0.2) is 5.78 Å². The lowest BCUT2D eigenvalue weighted by Crippen LogP contribution is -2.38. The van der Waals surface area contributed by atoms with Crippen LogP contribution in [0.4, 0.5) is 0 Å². The molecule has 0 saturated carbocycles. The second-order valence-electron chi connectivity index (χ2n) is 6.26.